The van der Waals surface area contributed by atoms with Crippen molar-refractivity contribution in [1.82, 2.24) is 0 Å². The highest BCUT2D eigenvalue weighted by Crippen LogP contribution is 2.20. The van der Waals surface area contributed by atoms with E-state index in [9.17, 15) is 22.0 Å². The number of hydrogen-bond acceptors (Lipinski definition) is 4. The van der Waals surface area contributed by atoms with Crippen molar-refractivity contribution in [2.45, 2.75) is 18.1 Å². The highest BCUT2D eigenvalue weighted by atomic mass is 32.2. The summed E-state index contributed by atoms with van der Waals surface area (Å²) in [5, 5.41) is -4.49. The molecule has 1 N–H and O–H groups in total. The molecule has 0 heterocycles. The molecule has 0 bridgehead atoms. The van der Waals surface area contributed by atoms with Crippen molar-refractivity contribution in [3.63, 3.8) is 0 Å². The molecular weight excluding hydrogens is 282 g/mol. The Bertz CT molecular complexity index is 527. The van der Waals surface area contributed by atoms with Crippen LogP contribution < -0.4 is 0 Å². The molecule has 0 aliphatic carbocycles. The van der Waals surface area contributed by atoms with Gasteiger partial charge in [0.2, 0.25) is 0 Å². The number of alkyl halides is 2. The Hall–Kier alpha value is -1.54. The number of rotatable bonds is 6. The Morgan fingerprint density at radius 3 is 2.37 bits per heavy atom. The van der Waals surface area contributed by atoms with Crippen molar-refractivity contribution in [3.8, 4) is 0 Å². The van der Waals surface area contributed by atoms with Crippen molar-refractivity contribution >= 4 is 16.1 Å². The summed E-state index contributed by atoms with van der Waals surface area (Å²) >= 11 is 0. The molecule has 0 saturated heterocycles. The normalized spacial score (nSPS) is 12.2. The predicted octanol–water partition coefficient (Wildman–Crippen LogP) is 1.64. The maximum Gasteiger partial charge on any atom is 0.402 e. The molecular formula is C11H12F2O5S. The number of halogens is 2. The van der Waals surface area contributed by atoms with Crippen molar-refractivity contribution < 1.29 is 31.3 Å². The van der Waals surface area contributed by atoms with Crippen LogP contribution in [0.4, 0.5) is 8.78 Å². The largest absolute Gasteiger partial charge is 0.458 e. The number of carbonyl (C=O) groups is 1. The van der Waals surface area contributed by atoms with E-state index in [1.54, 1.807) is 30.3 Å². The lowest BCUT2D eigenvalue weighted by Gasteiger charge is -2.12. The molecule has 5 nitrogen and oxygen atoms in total. The fourth-order valence-electron chi connectivity index (χ4n) is 1.20. The molecule has 0 radical (unpaired) electrons. The molecule has 0 unspecified atom stereocenters. The van der Waals surface area contributed by atoms with Gasteiger partial charge in [0.25, 0.3) is 0 Å². The van der Waals surface area contributed by atoms with Crippen LogP contribution in [0, 0.1) is 0 Å². The lowest BCUT2D eigenvalue weighted by Crippen LogP contribution is -2.34. The van der Waals surface area contributed by atoms with E-state index in [-0.39, 0.29) is 12.8 Å². The topological polar surface area (TPSA) is 80.7 Å². The minimum atomic E-state index is -5.58. The average Bonchev–Trinajstić information content (AvgIpc) is 2.34. The van der Waals surface area contributed by atoms with Crippen LogP contribution in [0.25, 0.3) is 0 Å². The molecule has 19 heavy (non-hydrogen) atoms. The predicted molar refractivity (Wildman–Crippen MR) is 62.2 cm³/mol. The summed E-state index contributed by atoms with van der Waals surface area (Å²) in [5.41, 5.74) is 0.820. The molecule has 0 amide bonds. The van der Waals surface area contributed by atoms with Gasteiger partial charge in [0.15, 0.2) is 6.61 Å². The van der Waals surface area contributed by atoms with E-state index in [4.69, 9.17) is 4.55 Å². The summed E-state index contributed by atoms with van der Waals surface area (Å²) in [6, 6.07) is 8.80. The zero-order valence-electron chi connectivity index (χ0n) is 9.75. The van der Waals surface area contributed by atoms with Crippen molar-refractivity contribution in [3.05, 3.63) is 35.9 Å². The highest BCUT2D eigenvalue weighted by molar-refractivity contribution is 7.86. The summed E-state index contributed by atoms with van der Waals surface area (Å²) in [5.74, 6) is -0.966. The first-order valence-electron chi connectivity index (χ1n) is 5.27. The summed E-state index contributed by atoms with van der Waals surface area (Å²) in [6.45, 7) is -1.69. The van der Waals surface area contributed by atoms with Gasteiger partial charge in [0, 0.05) is 6.42 Å². The standard InChI is InChI=1S/C11H12F2O5S/c12-11(13,19(15,16)17)8-18-10(14)7-6-9-4-2-1-3-5-9/h1-5H,6-8H2,(H,15,16,17). The van der Waals surface area contributed by atoms with Crippen LogP contribution in [0.15, 0.2) is 30.3 Å². The van der Waals surface area contributed by atoms with Crippen molar-refractivity contribution in [2.75, 3.05) is 6.61 Å². The summed E-state index contributed by atoms with van der Waals surface area (Å²) < 4.78 is 58.3. The van der Waals surface area contributed by atoms with Gasteiger partial charge in [-0.1, -0.05) is 30.3 Å². The number of carbonyl (C=O) groups excluding carboxylic acids is 1. The van der Waals surface area contributed by atoms with Crippen molar-refractivity contribution in [2.24, 2.45) is 0 Å². The van der Waals surface area contributed by atoms with E-state index in [2.05, 4.69) is 4.74 Å². The number of aryl methyl sites for hydroxylation is 1. The molecule has 8 heteroatoms. The van der Waals surface area contributed by atoms with Crippen LogP contribution in [-0.2, 0) is 26.1 Å². The maximum atomic E-state index is 12.7. The van der Waals surface area contributed by atoms with Crippen LogP contribution in [0.3, 0.4) is 0 Å². The Morgan fingerprint density at radius 1 is 1.26 bits per heavy atom. The van der Waals surface area contributed by atoms with Gasteiger partial charge in [-0.15, -0.1) is 0 Å². The quantitative estimate of drug-likeness (QED) is 0.637. The number of hydrogen-bond donors (Lipinski definition) is 1. The van der Waals surface area contributed by atoms with Crippen LogP contribution in [0.2, 0.25) is 0 Å². The van der Waals surface area contributed by atoms with Crippen LogP contribution in [0.1, 0.15) is 12.0 Å². The van der Waals surface area contributed by atoms with E-state index in [1.807, 2.05) is 0 Å². The molecule has 1 aromatic carbocycles. The SMILES string of the molecule is O=C(CCc1ccccc1)OCC(F)(F)S(=O)(=O)O. The molecule has 0 aromatic heterocycles. The van der Waals surface area contributed by atoms with Crippen LogP contribution in [0.5, 0.6) is 0 Å². The minimum Gasteiger partial charge on any atom is -0.458 e. The minimum absolute atomic E-state index is 0.161. The first-order chi connectivity index (χ1) is 8.72. The van der Waals surface area contributed by atoms with Gasteiger partial charge >= 0.3 is 21.3 Å². The summed E-state index contributed by atoms with van der Waals surface area (Å²) in [4.78, 5) is 11.2. The van der Waals surface area contributed by atoms with Gasteiger partial charge in [-0.05, 0) is 12.0 Å². The number of ether oxygens (including phenoxy) is 1. The number of esters is 1. The number of benzene rings is 1. The third-order valence-corrected chi connectivity index (χ3v) is 3.11. The molecule has 0 atom stereocenters. The molecule has 0 fully saturated rings. The second-order valence-corrected chi connectivity index (χ2v) is 5.31. The van der Waals surface area contributed by atoms with E-state index in [0.717, 1.165) is 5.56 Å². The van der Waals surface area contributed by atoms with E-state index >= 15 is 0 Å². The first kappa shape index (κ1) is 15.5. The van der Waals surface area contributed by atoms with Gasteiger partial charge in [-0.2, -0.15) is 17.2 Å². The summed E-state index contributed by atoms with van der Waals surface area (Å²) in [7, 11) is -5.58. The zero-order chi connectivity index (χ0) is 14.5. The van der Waals surface area contributed by atoms with Gasteiger partial charge in [0.1, 0.15) is 0 Å². The molecule has 0 saturated carbocycles. The Morgan fingerprint density at radius 2 is 1.84 bits per heavy atom. The monoisotopic (exact) mass is 294 g/mol. The van der Waals surface area contributed by atoms with Gasteiger partial charge in [0.05, 0.1) is 0 Å². The smallest absolute Gasteiger partial charge is 0.402 e. The van der Waals surface area contributed by atoms with Gasteiger partial charge < -0.3 is 4.74 Å². The molecule has 0 aliphatic rings. The molecule has 0 spiro atoms. The fraction of sp³-hybridized carbons (Fsp3) is 0.364. The third kappa shape index (κ3) is 4.92. The highest BCUT2D eigenvalue weighted by Gasteiger charge is 2.45. The molecule has 1 rings (SSSR count). The summed E-state index contributed by atoms with van der Waals surface area (Å²) in [6.07, 6.45) is 0.128. The fourth-order valence-corrected chi connectivity index (χ4v) is 1.41. The Labute approximate surface area is 108 Å². The van der Waals surface area contributed by atoms with Gasteiger partial charge in [-0.25, -0.2) is 0 Å². The second kappa shape index (κ2) is 6.07. The van der Waals surface area contributed by atoms with E-state index in [0.29, 0.717) is 0 Å². The van der Waals surface area contributed by atoms with Gasteiger partial charge in [-0.3, -0.25) is 9.35 Å². The zero-order valence-corrected chi connectivity index (χ0v) is 10.6. The van der Waals surface area contributed by atoms with E-state index in [1.165, 1.54) is 0 Å². The molecule has 106 valence electrons. The van der Waals surface area contributed by atoms with E-state index < -0.39 is 27.9 Å². The Balaban J connectivity index is 2.41. The lowest BCUT2D eigenvalue weighted by molar-refractivity contribution is -0.149. The first-order valence-corrected chi connectivity index (χ1v) is 6.71. The second-order valence-electron chi connectivity index (χ2n) is 3.76. The molecule has 0 aliphatic heterocycles. The maximum absolute atomic E-state index is 12.7. The van der Waals surface area contributed by atoms with Crippen LogP contribution in [-0.4, -0.2) is 30.8 Å². The lowest BCUT2D eigenvalue weighted by atomic mass is 10.1. The average molecular weight is 294 g/mol. The molecule has 1 aromatic rings. The Kier molecular flexibility index (Phi) is 4.96. The van der Waals surface area contributed by atoms with Crippen molar-refractivity contribution in [1.29, 1.82) is 0 Å². The van der Waals surface area contributed by atoms with Crippen LogP contribution >= 0.6 is 0 Å². The third-order valence-electron chi connectivity index (χ3n) is 2.24.